The fraction of sp³-hybridized carbons (Fsp3) is 0.769. The van der Waals surface area contributed by atoms with E-state index < -0.39 is 15.6 Å². The highest BCUT2D eigenvalue weighted by atomic mass is 28.3. The molecule has 0 bridgehead atoms. The number of Topliss-reactive ketones (excluding diaryl/α,β-unsaturated/α-hetero) is 1. The van der Waals surface area contributed by atoms with E-state index in [4.69, 9.17) is 13.3 Å². The summed E-state index contributed by atoms with van der Waals surface area (Å²) in [6.45, 7) is 12.5. The van der Waals surface area contributed by atoms with Crippen molar-refractivity contribution in [1.82, 2.24) is 0 Å². The average Bonchev–Trinajstić information content (AvgIpc) is 2.37. The van der Waals surface area contributed by atoms with Gasteiger partial charge in [0.2, 0.25) is 0 Å². The van der Waals surface area contributed by atoms with Gasteiger partial charge in [0.1, 0.15) is 6.10 Å². The van der Waals surface area contributed by atoms with Gasteiger partial charge in [0.15, 0.2) is 5.78 Å². The van der Waals surface area contributed by atoms with Crippen molar-refractivity contribution in [2.75, 3.05) is 13.2 Å². The number of ketones is 1. The maximum absolute atomic E-state index is 11.8. The van der Waals surface area contributed by atoms with Crippen LogP contribution >= 0.6 is 0 Å². The van der Waals surface area contributed by atoms with Crippen molar-refractivity contribution in [2.24, 2.45) is 0 Å². The van der Waals surface area contributed by atoms with Crippen LogP contribution in [-0.4, -0.2) is 34.6 Å². The smallest absolute Gasteiger partial charge is 0.371 e. The van der Waals surface area contributed by atoms with Gasteiger partial charge >= 0.3 is 9.53 Å². The third-order valence-corrected chi connectivity index (χ3v) is 3.53. The first-order valence-electron chi connectivity index (χ1n) is 6.55. The molecule has 0 saturated heterocycles. The van der Waals surface area contributed by atoms with E-state index in [0.29, 0.717) is 25.2 Å². The number of hydrogen-bond acceptors (Lipinski definition) is 4. The molecular formula is C13H25O4Si. The number of carbonyl (C=O) groups is 1. The van der Waals surface area contributed by atoms with E-state index >= 15 is 0 Å². The number of carbonyl (C=O) groups excluding carboxylic acids is 1. The summed E-state index contributed by atoms with van der Waals surface area (Å²) in [5.41, 5.74) is 0.509. The van der Waals surface area contributed by atoms with Crippen LogP contribution in [0.2, 0.25) is 0 Å². The fourth-order valence-corrected chi connectivity index (χ4v) is 2.66. The van der Waals surface area contributed by atoms with E-state index in [9.17, 15) is 4.79 Å². The molecule has 5 heteroatoms. The van der Waals surface area contributed by atoms with Gasteiger partial charge in [-0.1, -0.05) is 27.4 Å². The van der Waals surface area contributed by atoms with Crippen molar-refractivity contribution in [1.29, 1.82) is 0 Å². The first kappa shape index (κ1) is 17.5. The Labute approximate surface area is 112 Å². The van der Waals surface area contributed by atoms with Crippen LogP contribution in [0.15, 0.2) is 12.2 Å². The fourth-order valence-electron chi connectivity index (χ4n) is 1.19. The molecule has 0 aliphatic carbocycles. The normalized spacial score (nSPS) is 12.7. The topological polar surface area (TPSA) is 44.8 Å². The van der Waals surface area contributed by atoms with Crippen molar-refractivity contribution in [2.45, 2.75) is 53.1 Å². The summed E-state index contributed by atoms with van der Waals surface area (Å²) in [6.07, 6.45) is 1.91. The molecule has 0 aliphatic heterocycles. The molecule has 0 heterocycles. The predicted octanol–water partition coefficient (Wildman–Crippen LogP) is 2.76. The molecule has 0 rings (SSSR count). The maximum atomic E-state index is 11.8. The monoisotopic (exact) mass is 273 g/mol. The Balaban J connectivity index is 4.39. The second-order valence-electron chi connectivity index (χ2n) is 4.11. The first-order chi connectivity index (χ1) is 8.56. The zero-order valence-electron chi connectivity index (χ0n) is 12.0. The highest BCUT2D eigenvalue weighted by molar-refractivity contribution is 6.36. The van der Waals surface area contributed by atoms with E-state index in [1.54, 1.807) is 6.92 Å². The SMILES string of the molecule is C=C(C)C(=O)C(CC)O[Si](OCCC)OCCC. The third kappa shape index (κ3) is 7.06. The molecule has 0 spiro atoms. The Morgan fingerprint density at radius 1 is 1.17 bits per heavy atom. The Kier molecular flexibility index (Phi) is 10.1. The molecule has 0 aromatic rings. The Bertz CT molecular complexity index is 247. The molecule has 0 saturated carbocycles. The van der Waals surface area contributed by atoms with E-state index in [1.165, 1.54) is 0 Å². The molecule has 105 valence electrons. The largest absolute Gasteiger partial charge is 0.578 e. The van der Waals surface area contributed by atoms with Crippen LogP contribution in [0, 0.1) is 0 Å². The van der Waals surface area contributed by atoms with Crippen LogP contribution in [0.3, 0.4) is 0 Å². The first-order valence-corrected chi connectivity index (χ1v) is 7.78. The molecule has 1 radical (unpaired) electrons. The third-order valence-electron chi connectivity index (χ3n) is 2.17. The summed E-state index contributed by atoms with van der Waals surface area (Å²) < 4.78 is 16.7. The summed E-state index contributed by atoms with van der Waals surface area (Å²) in [6, 6.07) is 0. The summed E-state index contributed by atoms with van der Waals surface area (Å²) >= 11 is 0. The molecule has 1 unspecified atom stereocenters. The van der Waals surface area contributed by atoms with Gasteiger partial charge in [-0.15, -0.1) is 0 Å². The Morgan fingerprint density at radius 3 is 2.00 bits per heavy atom. The molecular weight excluding hydrogens is 248 g/mol. The predicted molar refractivity (Wildman–Crippen MR) is 73.2 cm³/mol. The molecule has 18 heavy (non-hydrogen) atoms. The van der Waals surface area contributed by atoms with Crippen LogP contribution in [0.25, 0.3) is 0 Å². The minimum absolute atomic E-state index is 0.0693. The van der Waals surface area contributed by atoms with Crippen molar-refractivity contribution in [3.05, 3.63) is 12.2 Å². The van der Waals surface area contributed by atoms with Gasteiger partial charge in [-0.2, -0.15) is 0 Å². The summed E-state index contributed by atoms with van der Waals surface area (Å²) in [5.74, 6) is -0.0693. The average molecular weight is 273 g/mol. The number of rotatable bonds is 11. The van der Waals surface area contributed by atoms with E-state index in [2.05, 4.69) is 6.58 Å². The molecule has 0 N–H and O–H groups in total. The van der Waals surface area contributed by atoms with Crippen molar-refractivity contribution < 1.29 is 18.1 Å². The van der Waals surface area contributed by atoms with E-state index in [-0.39, 0.29) is 5.78 Å². The second-order valence-corrected chi connectivity index (χ2v) is 5.42. The van der Waals surface area contributed by atoms with Gasteiger partial charge in [-0.05, 0) is 31.8 Å². The van der Waals surface area contributed by atoms with Gasteiger partial charge < -0.3 is 13.3 Å². The lowest BCUT2D eigenvalue weighted by Crippen LogP contribution is -2.36. The van der Waals surface area contributed by atoms with Crippen molar-refractivity contribution >= 4 is 15.3 Å². The lowest BCUT2D eigenvalue weighted by Gasteiger charge is -2.20. The van der Waals surface area contributed by atoms with Crippen LogP contribution < -0.4 is 0 Å². The number of hydrogen-bond donors (Lipinski definition) is 0. The van der Waals surface area contributed by atoms with Crippen molar-refractivity contribution in [3.8, 4) is 0 Å². The maximum Gasteiger partial charge on any atom is 0.578 e. The van der Waals surface area contributed by atoms with Crippen LogP contribution in [0.4, 0.5) is 0 Å². The Hall–Kier alpha value is -0.493. The van der Waals surface area contributed by atoms with Gasteiger partial charge in [0.25, 0.3) is 0 Å². The lowest BCUT2D eigenvalue weighted by molar-refractivity contribution is -0.124. The van der Waals surface area contributed by atoms with Crippen LogP contribution in [0.1, 0.15) is 47.0 Å². The summed E-state index contributed by atoms with van der Waals surface area (Å²) in [4.78, 5) is 11.8. The lowest BCUT2D eigenvalue weighted by atomic mass is 10.1. The van der Waals surface area contributed by atoms with Gasteiger partial charge in [-0.3, -0.25) is 4.79 Å². The van der Waals surface area contributed by atoms with Crippen molar-refractivity contribution in [3.63, 3.8) is 0 Å². The highest BCUT2D eigenvalue weighted by Gasteiger charge is 2.27. The molecule has 4 nitrogen and oxygen atoms in total. The molecule has 0 amide bonds. The minimum atomic E-state index is -1.82. The van der Waals surface area contributed by atoms with Gasteiger partial charge in [0.05, 0.1) is 0 Å². The summed E-state index contributed by atoms with van der Waals surface area (Å²) in [7, 11) is -1.82. The zero-order valence-corrected chi connectivity index (χ0v) is 13.0. The summed E-state index contributed by atoms with van der Waals surface area (Å²) in [5, 5.41) is 0. The molecule has 0 aromatic heterocycles. The molecule has 0 aromatic carbocycles. The molecule has 0 aliphatic rings. The molecule has 0 fully saturated rings. The van der Waals surface area contributed by atoms with E-state index in [0.717, 1.165) is 12.8 Å². The van der Waals surface area contributed by atoms with E-state index in [1.807, 2.05) is 20.8 Å². The molecule has 1 atom stereocenters. The Morgan fingerprint density at radius 2 is 1.67 bits per heavy atom. The zero-order chi connectivity index (χ0) is 14.0. The van der Waals surface area contributed by atoms with Gasteiger partial charge in [0, 0.05) is 13.2 Å². The highest BCUT2D eigenvalue weighted by Crippen LogP contribution is 2.09. The second kappa shape index (κ2) is 10.4. The standard InChI is InChI=1S/C13H25O4Si/c1-6-9-15-18(16-10-7-2)17-12(8-3)13(14)11(4)5/h12H,4,6-10H2,1-3,5H3. The minimum Gasteiger partial charge on any atom is -0.371 e. The van der Waals surface area contributed by atoms with Crippen LogP contribution in [-0.2, 0) is 18.1 Å². The quantitative estimate of drug-likeness (QED) is 0.429. The van der Waals surface area contributed by atoms with Crippen LogP contribution in [0.5, 0.6) is 0 Å². The van der Waals surface area contributed by atoms with Gasteiger partial charge in [-0.25, -0.2) is 0 Å².